The van der Waals surface area contributed by atoms with Crippen molar-refractivity contribution in [3.63, 3.8) is 0 Å². The Morgan fingerprint density at radius 2 is 2.04 bits per heavy atom. The maximum Gasteiger partial charge on any atom is 0.255 e. The Bertz CT molecular complexity index is 704. The lowest BCUT2D eigenvalue weighted by molar-refractivity contribution is -0.122. The van der Waals surface area contributed by atoms with Gasteiger partial charge >= 0.3 is 0 Å². The van der Waals surface area contributed by atoms with Crippen LogP contribution in [0, 0.1) is 11.6 Å². The number of carbonyl (C=O) groups excluding carboxylic acids is 2. The summed E-state index contributed by atoms with van der Waals surface area (Å²) >= 11 is 0. The second-order valence-corrected chi connectivity index (χ2v) is 4.92. The topological polar surface area (TPSA) is 80.6 Å². The number of ether oxygens (including phenoxy) is 1. The smallest absolute Gasteiger partial charge is 0.255 e. The number of rotatable bonds is 7. The van der Waals surface area contributed by atoms with Gasteiger partial charge in [-0.1, -0.05) is 0 Å². The molecule has 0 aliphatic carbocycles. The molecule has 1 atom stereocenters. The van der Waals surface area contributed by atoms with E-state index in [1.807, 2.05) is 0 Å². The first-order chi connectivity index (χ1) is 11.5. The highest BCUT2D eigenvalue weighted by atomic mass is 19.2. The monoisotopic (exact) mass is 338 g/mol. The molecule has 128 valence electrons. The van der Waals surface area contributed by atoms with Crippen LogP contribution in [0.1, 0.15) is 17.3 Å². The molecule has 0 radical (unpaired) electrons. The highest BCUT2D eigenvalue weighted by molar-refractivity contribution is 5.97. The first-order valence-corrected chi connectivity index (χ1v) is 7.16. The van der Waals surface area contributed by atoms with Gasteiger partial charge in [0.15, 0.2) is 11.6 Å². The van der Waals surface area contributed by atoms with Gasteiger partial charge in [-0.25, -0.2) is 8.78 Å². The molecule has 1 heterocycles. The quantitative estimate of drug-likeness (QED) is 0.755. The van der Waals surface area contributed by atoms with Crippen molar-refractivity contribution >= 4 is 11.8 Å². The highest BCUT2D eigenvalue weighted by Gasteiger charge is 2.16. The van der Waals surface area contributed by atoms with E-state index >= 15 is 0 Å². The number of carbonyl (C=O) groups is 2. The van der Waals surface area contributed by atoms with Crippen LogP contribution in [0.5, 0.6) is 5.75 Å². The van der Waals surface area contributed by atoms with Crippen molar-refractivity contribution in [1.82, 2.24) is 10.6 Å². The molecule has 0 spiro atoms. The minimum atomic E-state index is -1.01. The second-order valence-electron chi connectivity index (χ2n) is 4.92. The fourth-order valence-electron chi connectivity index (χ4n) is 1.80. The second kappa shape index (κ2) is 8.09. The third-order valence-corrected chi connectivity index (χ3v) is 3.09. The van der Waals surface area contributed by atoms with Crippen molar-refractivity contribution in [2.24, 2.45) is 0 Å². The molecule has 1 aromatic carbocycles. The van der Waals surface area contributed by atoms with Crippen molar-refractivity contribution in [3.8, 4) is 5.75 Å². The SMILES string of the molecule is C[C@@H](NC(=O)c1ccoc1)C(=O)NCCOc1ccc(F)c(F)c1. The van der Waals surface area contributed by atoms with Crippen molar-refractivity contribution < 1.29 is 27.5 Å². The average Bonchev–Trinajstić information content (AvgIpc) is 3.09. The molecule has 2 N–H and O–H groups in total. The Kier molecular flexibility index (Phi) is 5.89. The highest BCUT2D eigenvalue weighted by Crippen LogP contribution is 2.14. The van der Waals surface area contributed by atoms with E-state index in [4.69, 9.17) is 9.15 Å². The van der Waals surface area contributed by atoms with E-state index in [1.165, 1.54) is 31.6 Å². The van der Waals surface area contributed by atoms with Gasteiger partial charge in [0.05, 0.1) is 18.4 Å². The van der Waals surface area contributed by atoms with Crippen LogP contribution in [-0.2, 0) is 4.79 Å². The zero-order valence-corrected chi connectivity index (χ0v) is 12.8. The maximum atomic E-state index is 13.0. The summed E-state index contributed by atoms with van der Waals surface area (Å²) in [6, 6.07) is 3.89. The van der Waals surface area contributed by atoms with Crippen LogP contribution in [0.15, 0.2) is 41.2 Å². The fourth-order valence-corrected chi connectivity index (χ4v) is 1.80. The summed E-state index contributed by atoms with van der Waals surface area (Å²) in [4.78, 5) is 23.6. The molecule has 2 amide bonds. The van der Waals surface area contributed by atoms with Gasteiger partial charge in [0, 0.05) is 6.07 Å². The number of benzene rings is 1. The molecule has 1 aromatic heterocycles. The minimum Gasteiger partial charge on any atom is -0.492 e. The molecule has 0 aliphatic heterocycles. The van der Waals surface area contributed by atoms with Crippen LogP contribution in [0.3, 0.4) is 0 Å². The summed E-state index contributed by atoms with van der Waals surface area (Å²) in [5.41, 5.74) is 0.316. The van der Waals surface area contributed by atoms with Gasteiger partial charge in [0.1, 0.15) is 24.7 Å². The van der Waals surface area contributed by atoms with Gasteiger partial charge in [-0.05, 0) is 25.1 Å². The lowest BCUT2D eigenvalue weighted by Crippen LogP contribution is -2.45. The predicted molar refractivity (Wildman–Crippen MR) is 80.5 cm³/mol. The van der Waals surface area contributed by atoms with Crippen molar-refractivity contribution in [2.45, 2.75) is 13.0 Å². The molecule has 2 aromatic rings. The zero-order valence-electron chi connectivity index (χ0n) is 12.8. The standard InChI is InChI=1S/C16H16F2N2O4/c1-10(20-16(22)11-4-6-23-9-11)15(21)19-5-7-24-12-2-3-13(17)14(18)8-12/h2-4,6,8-10H,5,7H2,1H3,(H,19,21)(H,20,22)/t10-/m1/s1. The minimum absolute atomic E-state index is 0.0687. The molecule has 0 fully saturated rings. The number of amides is 2. The number of nitrogens with one attached hydrogen (secondary N) is 2. The molecular formula is C16H16F2N2O4. The van der Waals surface area contributed by atoms with Gasteiger partial charge in [-0.15, -0.1) is 0 Å². The molecule has 8 heteroatoms. The van der Waals surface area contributed by atoms with Crippen LogP contribution in [0.2, 0.25) is 0 Å². The summed E-state index contributed by atoms with van der Waals surface area (Å²) < 4.78 is 35.7. The van der Waals surface area contributed by atoms with Gasteiger partial charge in [-0.3, -0.25) is 9.59 Å². The van der Waals surface area contributed by atoms with Crippen LogP contribution in [-0.4, -0.2) is 31.0 Å². The summed E-state index contributed by atoms with van der Waals surface area (Å²) in [5.74, 6) is -2.64. The van der Waals surface area contributed by atoms with Gasteiger partial charge in [-0.2, -0.15) is 0 Å². The molecule has 24 heavy (non-hydrogen) atoms. The Morgan fingerprint density at radius 1 is 1.25 bits per heavy atom. The van der Waals surface area contributed by atoms with Crippen LogP contribution in [0.25, 0.3) is 0 Å². The largest absolute Gasteiger partial charge is 0.492 e. The zero-order chi connectivity index (χ0) is 17.5. The number of hydrogen-bond donors (Lipinski definition) is 2. The van der Waals surface area contributed by atoms with Crippen LogP contribution < -0.4 is 15.4 Å². The Balaban J connectivity index is 1.70. The number of halogens is 2. The molecule has 0 saturated carbocycles. The molecule has 0 bridgehead atoms. The first kappa shape index (κ1) is 17.5. The third-order valence-electron chi connectivity index (χ3n) is 3.09. The van der Waals surface area contributed by atoms with E-state index in [0.29, 0.717) is 5.56 Å². The van der Waals surface area contributed by atoms with E-state index in [9.17, 15) is 18.4 Å². The lowest BCUT2D eigenvalue weighted by Gasteiger charge is -2.14. The van der Waals surface area contributed by atoms with Crippen molar-refractivity contribution in [1.29, 1.82) is 0 Å². The molecular weight excluding hydrogens is 322 g/mol. The third kappa shape index (κ3) is 4.80. The van der Waals surface area contributed by atoms with E-state index in [-0.39, 0.29) is 18.9 Å². The van der Waals surface area contributed by atoms with E-state index in [0.717, 1.165) is 12.1 Å². The molecule has 0 saturated heterocycles. The average molecular weight is 338 g/mol. The summed E-state index contributed by atoms with van der Waals surface area (Å²) in [6.45, 7) is 1.74. The predicted octanol–water partition coefficient (Wildman–Crippen LogP) is 1.87. The number of hydrogen-bond acceptors (Lipinski definition) is 4. The van der Waals surface area contributed by atoms with Crippen molar-refractivity contribution in [3.05, 3.63) is 54.0 Å². The Labute approximate surface area is 136 Å². The fraction of sp³-hybridized carbons (Fsp3) is 0.250. The van der Waals surface area contributed by atoms with Gasteiger partial charge in [0.25, 0.3) is 5.91 Å². The molecule has 0 unspecified atom stereocenters. The summed E-state index contributed by atoms with van der Waals surface area (Å²) in [7, 11) is 0. The van der Waals surface area contributed by atoms with Gasteiger partial charge < -0.3 is 19.8 Å². The normalized spacial score (nSPS) is 11.6. The number of furan rings is 1. The van der Waals surface area contributed by atoms with E-state index < -0.39 is 29.5 Å². The van der Waals surface area contributed by atoms with E-state index in [2.05, 4.69) is 10.6 Å². The molecule has 0 aliphatic rings. The lowest BCUT2D eigenvalue weighted by atomic mass is 10.2. The summed E-state index contributed by atoms with van der Waals surface area (Å²) in [5, 5.41) is 5.07. The maximum absolute atomic E-state index is 13.0. The molecule has 6 nitrogen and oxygen atoms in total. The Morgan fingerprint density at radius 3 is 2.71 bits per heavy atom. The Hall–Kier alpha value is -2.90. The first-order valence-electron chi connectivity index (χ1n) is 7.16. The van der Waals surface area contributed by atoms with Crippen LogP contribution >= 0.6 is 0 Å². The summed E-state index contributed by atoms with van der Waals surface area (Å²) in [6.07, 6.45) is 2.63. The molecule has 2 rings (SSSR count). The van der Waals surface area contributed by atoms with Crippen LogP contribution in [0.4, 0.5) is 8.78 Å². The van der Waals surface area contributed by atoms with Crippen molar-refractivity contribution in [2.75, 3.05) is 13.2 Å². The van der Waals surface area contributed by atoms with E-state index in [1.54, 1.807) is 0 Å². The van der Waals surface area contributed by atoms with Gasteiger partial charge in [0.2, 0.25) is 5.91 Å².